The number of nitrogens with one attached hydrogen (secondary N) is 1. The maximum absolute atomic E-state index is 11.9. The highest BCUT2D eigenvalue weighted by Crippen LogP contribution is 2.41. The van der Waals surface area contributed by atoms with Gasteiger partial charge < -0.3 is 10.4 Å². The van der Waals surface area contributed by atoms with Crippen molar-refractivity contribution in [3.8, 4) is 0 Å². The molecule has 0 aliphatic heterocycles. The lowest BCUT2D eigenvalue weighted by molar-refractivity contribution is -0.162. The van der Waals surface area contributed by atoms with Gasteiger partial charge in [0.2, 0.25) is 5.91 Å². The molecule has 0 aromatic carbocycles. The zero-order chi connectivity index (χ0) is 13.0. The van der Waals surface area contributed by atoms with Crippen molar-refractivity contribution in [2.24, 2.45) is 5.41 Å². The third kappa shape index (κ3) is 2.57. The fourth-order valence-corrected chi connectivity index (χ4v) is 2.71. The lowest BCUT2D eigenvalue weighted by Gasteiger charge is -2.35. The topological polar surface area (TPSA) is 66.4 Å². The Hall–Kier alpha value is -1.32. The monoisotopic (exact) mass is 251 g/mol. The van der Waals surface area contributed by atoms with Gasteiger partial charge in [0.15, 0.2) is 0 Å². The second-order valence-corrected chi connectivity index (χ2v) is 5.35. The summed E-state index contributed by atoms with van der Waals surface area (Å²) >= 11 is 0. The molecule has 0 unspecified atom stereocenters. The second kappa shape index (κ2) is 5.55. The summed E-state index contributed by atoms with van der Waals surface area (Å²) in [7, 11) is 0. The summed E-state index contributed by atoms with van der Waals surface area (Å²) in [4.78, 5) is 23.1. The number of carbonyl (C=O) groups is 2. The molecule has 1 amide bonds. The number of hydrogen-bond donors (Lipinski definition) is 2. The van der Waals surface area contributed by atoms with E-state index in [4.69, 9.17) is 5.11 Å². The summed E-state index contributed by atoms with van der Waals surface area (Å²) in [6.45, 7) is 0.569. The molecule has 0 bridgehead atoms. The van der Waals surface area contributed by atoms with Gasteiger partial charge in [-0.25, -0.2) is 0 Å². The Balaban J connectivity index is 1.78. The average Bonchev–Trinajstić information content (AvgIpc) is 2.28. The molecule has 2 aliphatic carbocycles. The minimum absolute atomic E-state index is 0.294. The van der Waals surface area contributed by atoms with E-state index in [0.717, 1.165) is 25.7 Å². The second-order valence-electron chi connectivity index (χ2n) is 5.35. The number of hydrogen-bond acceptors (Lipinski definition) is 2. The van der Waals surface area contributed by atoms with Gasteiger partial charge in [0.1, 0.15) is 5.41 Å². The number of carbonyl (C=O) groups excluding carboxylic acids is 1. The third-order valence-corrected chi connectivity index (χ3v) is 4.17. The molecule has 0 spiro atoms. The van der Waals surface area contributed by atoms with Gasteiger partial charge in [0.25, 0.3) is 0 Å². The summed E-state index contributed by atoms with van der Waals surface area (Å²) in [5, 5.41) is 11.9. The molecule has 2 aliphatic rings. The van der Waals surface area contributed by atoms with Crippen LogP contribution in [0.4, 0.5) is 0 Å². The Morgan fingerprint density at radius 2 is 2.06 bits per heavy atom. The summed E-state index contributed by atoms with van der Waals surface area (Å²) in [5.41, 5.74) is 0.278. The largest absolute Gasteiger partial charge is 0.480 e. The molecular weight excluding hydrogens is 230 g/mol. The van der Waals surface area contributed by atoms with Crippen molar-refractivity contribution in [2.45, 2.75) is 51.4 Å². The average molecular weight is 251 g/mol. The standard InChI is InChI=1S/C14H21NO3/c16-12(14(13(17)18)8-4-9-14)15-10-7-11-5-2-1-3-6-11/h5H,1-4,6-10H2,(H,15,16)(H,17,18). The van der Waals surface area contributed by atoms with Gasteiger partial charge in [-0.2, -0.15) is 0 Å². The molecule has 4 heteroatoms. The van der Waals surface area contributed by atoms with Crippen molar-refractivity contribution in [3.63, 3.8) is 0 Å². The highest BCUT2D eigenvalue weighted by Gasteiger charge is 2.50. The normalized spacial score (nSPS) is 21.7. The Bertz CT molecular complexity index is 369. The lowest BCUT2D eigenvalue weighted by Crippen LogP contribution is -2.51. The van der Waals surface area contributed by atoms with Crippen LogP contribution in [0.25, 0.3) is 0 Å². The van der Waals surface area contributed by atoms with E-state index in [-0.39, 0.29) is 5.91 Å². The highest BCUT2D eigenvalue weighted by molar-refractivity contribution is 6.02. The van der Waals surface area contributed by atoms with Crippen LogP contribution in [-0.4, -0.2) is 23.5 Å². The maximum atomic E-state index is 11.9. The van der Waals surface area contributed by atoms with E-state index in [9.17, 15) is 9.59 Å². The SMILES string of the molecule is O=C(O)C1(C(=O)NCCC2=CCCCC2)CCC1. The van der Waals surface area contributed by atoms with E-state index in [1.807, 2.05) is 0 Å². The summed E-state index contributed by atoms with van der Waals surface area (Å²) < 4.78 is 0. The van der Waals surface area contributed by atoms with E-state index < -0.39 is 11.4 Å². The van der Waals surface area contributed by atoms with Gasteiger partial charge >= 0.3 is 5.97 Å². The van der Waals surface area contributed by atoms with Gasteiger partial charge in [-0.3, -0.25) is 9.59 Å². The molecule has 2 rings (SSSR count). The molecule has 0 heterocycles. The predicted octanol–water partition coefficient (Wildman–Crippen LogP) is 2.25. The van der Waals surface area contributed by atoms with Gasteiger partial charge in [0.05, 0.1) is 0 Å². The molecule has 0 saturated heterocycles. The van der Waals surface area contributed by atoms with Gasteiger partial charge in [-0.15, -0.1) is 0 Å². The van der Waals surface area contributed by atoms with Crippen LogP contribution in [0.1, 0.15) is 51.4 Å². The third-order valence-electron chi connectivity index (χ3n) is 4.17. The molecule has 0 aromatic heterocycles. The summed E-state index contributed by atoms with van der Waals surface area (Å²) in [6.07, 6.45) is 9.69. The van der Waals surface area contributed by atoms with Crippen LogP contribution >= 0.6 is 0 Å². The highest BCUT2D eigenvalue weighted by atomic mass is 16.4. The first-order chi connectivity index (χ1) is 8.65. The number of amides is 1. The van der Waals surface area contributed by atoms with Crippen LogP contribution in [0.3, 0.4) is 0 Å². The quantitative estimate of drug-likeness (QED) is 0.581. The molecule has 4 nitrogen and oxygen atoms in total. The molecule has 100 valence electrons. The molecule has 18 heavy (non-hydrogen) atoms. The Morgan fingerprint density at radius 1 is 1.28 bits per heavy atom. The summed E-state index contributed by atoms with van der Waals surface area (Å²) in [6, 6.07) is 0. The number of carboxylic acid groups (broad SMARTS) is 1. The van der Waals surface area contributed by atoms with E-state index >= 15 is 0 Å². The van der Waals surface area contributed by atoms with Crippen molar-refractivity contribution in [2.75, 3.05) is 6.54 Å². The lowest BCUT2D eigenvalue weighted by atomic mass is 9.68. The zero-order valence-electron chi connectivity index (χ0n) is 10.7. The van der Waals surface area contributed by atoms with Crippen molar-refractivity contribution >= 4 is 11.9 Å². The van der Waals surface area contributed by atoms with Crippen LogP contribution in [-0.2, 0) is 9.59 Å². The van der Waals surface area contributed by atoms with Crippen molar-refractivity contribution in [1.29, 1.82) is 0 Å². The first kappa shape index (κ1) is 13.1. The Labute approximate surface area is 107 Å². The fraction of sp³-hybridized carbons (Fsp3) is 0.714. The van der Waals surface area contributed by atoms with Crippen LogP contribution in [0.15, 0.2) is 11.6 Å². The number of carboxylic acids is 1. The minimum Gasteiger partial charge on any atom is -0.480 e. The van der Waals surface area contributed by atoms with Crippen molar-refractivity contribution in [1.82, 2.24) is 5.32 Å². The smallest absolute Gasteiger partial charge is 0.319 e. The Kier molecular flexibility index (Phi) is 4.04. The van der Waals surface area contributed by atoms with Gasteiger partial charge in [-0.05, 0) is 44.9 Å². The molecule has 1 fully saturated rings. The van der Waals surface area contributed by atoms with Gasteiger partial charge in [-0.1, -0.05) is 18.1 Å². The minimum atomic E-state index is -1.12. The summed E-state index contributed by atoms with van der Waals surface area (Å²) in [5.74, 6) is -1.26. The fourth-order valence-electron chi connectivity index (χ4n) is 2.71. The first-order valence-corrected chi connectivity index (χ1v) is 6.85. The molecule has 0 aromatic rings. The zero-order valence-corrected chi connectivity index (χ0v) is 10.7. The van der Waals surface area contributed by atoms with Crippen LogP contribution in [0, 0.1) is 5.41 Å². The maximum Gasteiger partial charge on any atom is 0.319 e. The van der Waals surface area contributed by atoms with E-state index in [2.05, 4.69) is 11.4 Å². The van der Waals surface area contributed by atoms with Crippen molar-refractivity contribution < 1.29 is 14.7 Å². The van der Waals surface area contributed by atoms with Crippen LogP contribution in [0.2, 0.25) is 0 Å². The number of allylic oxidation sites excluding steroid dienone is 1. The molecule has 1 saturated carbocycles. The van der Waals surface area contributed by atoms with Gasteiger partial charge in [0, 0.05) is 6.54 Å². The number of rotatable bonds is 5. The van der Waals surface area contributed by atoms with E-state index in [1.165, 1.54) is 18.4 Å². The molecular formula is C14H21NO3. The predicted molar refractivity (Wildman–Crippen MR) is 68.1 cm³/mol. The number of aliphatic carboxylic acids is 1. The first-order valence-electron chi connectivity index (χ1n) is 6.85. The Morgan fingerprint density at radius 3 is 2.56 bits per heavy atom. The van der Waals surface area contributed by atoms with Crippen LogP contribution in [0.5, 0.6) is 0 Å². The van der Waals surface area contributed by atoms with Crippen LogP contribution < -0.4 is 5.32 Å². The molecule has 0 radical (unpaired) electrons. The van der Waals surface area contributed by atoms with Crippen molar-refractivity contribution in [3.05, 3.63) is 11.6 Å². The molecule has 0 atom stereocenters. The molecule has 2 N–H and O–H groups in total. The van der Waals surface area contributed by atoms with E-state index in [1.54, 1.807) is 0 Å². The van der Waals surface area contributed by atoms with E-state index in [0.29, 0.717) is 19.4 Å².